The molecule has 0 saturated carbocycles. The first kappa shape index (κ1) is 15.6. The molecule has 0 bridgehead atoms. The number of methoxy groups -OCH3 is 1. The molecule has 1 aromatic heterocycles. The largest absolute Gasteiger partial charge is 0.496 e. The molecule has 6 nitrogen and oxygen atoms in total. The van der Waals surface area contributed by atoms with Crippen molar-refractivity contribution >= 4 is 17.9 Å². The fourth-order valence-electron chi connectivity index (χ4n) is 2.35. The van der Waals surface area contributed by atoms with E-state index in [0.29, 0.717) is 23.7 Å². The van der Waals surface area contributed by atoms with Crippen LogP contribution in [0.4, 0.5) is 0 Å². The summed E-state index contributed by atoms with van der Waals surface area (Å²) < 4.78 is 13.7. The van der Waals surface area contributed by atoms with Gasteiger partial charge in [-0.05, 0) is 36.2 Å². The van der Waals surface area contributed by atoms with E-state index in [1.165, 1.54) is 19.1 Å². The number of fused-ring (bicyclic) bond motifs is 1. The highest BCUT2D eigenvalue weighted by Crippen LogP contribution is 2.36. The summed E-state index contributed by atoms with van der Waals surface area (Å²) in [5.74, 6) is 0.871. The molecule has 1 aliphatic heterocycles. The highest BCUT2D eigenvalue weighted by atomic mass is 32.2. The molecule has 23 heavy (non-hydrogen) atoms. The lowest BCUT2D eigenvalue weighted by atomic mass is 9.98. The number of benzene rings is 1. The number of hydrogen-bond acceptors (Lipinski definition) is 6. The maximum atomic E-state index is 12.5. The van der Waals surface area contributed by atoms with Crippen LogP contribution in [-0.4, -0.2) is 24.6 Å². The van der Waals surface area contributed by atoms with Crippen molar-refractivity contribution in [1.29, 1.82) is 0 Å². The molecule has 0 radical (unpaired) electrons. The quantitative estimate of drug-likeness (QED) is 0.836. The predicted octanol–water partition coefficient (Wildman–Crippen LogP) is 2.31. The Kier molecular flexibility index (Phi) is 4.68. The van der Waals surface area contributed by atoms with E-state index in [0.717, 1.165) is 16.9 Å². The van der Waals surface area contributed by atoms with Gasteiger partial charge in [-0.3, -0.25) is 14.5 Å². The van der Waals surface area contributed by atoms with Crippen molar-refractivity contribution in [3.8, 4) is 11.5 Å². The summed E-state index contributed by atoms with van der Waals surface area (Å²) in [5.41, 5.74) is 7.37. The number of nitrogens with zero attached hydrogens (tertiary/aromatic N) is 1. The standard InChI is InChI=1S/C16H17N3O3S/c1-21-14-8-11-13(17)4-7-22-15(11)9-12(14)16(20)19-23-10-2-5-18-6-3-10/h2-3,5-6,8-9,13H,4,7,17H2,1H3,(H,19,20)/t13-/m1/s1. The monoisotopic (exact) mass is 331 g/mol. The lowest BCUT2D eigenvalue weighted by molar-refractivity contribution is 0.0980. The average molecular weight is 331 g/mol. The smallest absolute Gasteiger partial charge is 0.265 e. The van der Waals surface area contributed by atoms with Gasteiger partial charge in [-0.25, -0.2) is 0 Å². The van der Waals surface area contributed by atoms with Crippen molar-refractivity contribution in [2.45, 2.75) is 17.4 Å². The molecule has 0 spiro atoms. The molecule has 3 N–H and O–H groups in total. The molecule has 120 valence electrons. The third-order valence-corrected chi connectivity index (χ3v) is 4.37. The van der Waals surface area contributed by atoms with Gasteiger partial charge in [0.25, 0.3) is 5.91 Å². The number of nitrogens with one attached hydrogen (secondary N) is 1. The summed E-state index contributed by atoms with van der Waals surface area (Å²) in [6.45, 7) is 0.549. The van der Waals surface area contributed by atoms with Crippen LogP contribution in [-0.2, 0) is 0 Å². The normalized spacial score (nSPS) is 16.2. The Labute approximate surface area is 138 Å². The Bertz CT molecular complexity index is 709. The van der Waals surface area contributed by atoms with Crippen molar-refractivity contribution < 1.29 is 14.3 Å². The maximum absolute atomic E-state index is 12.5. The molecular formula is C16H17N3O3S. The fraction of sp³-hybridized carbons (Fsp3) is 0.250. The van der Waals surface area contributed by atoms with Crippen LogP contribution in [0.3, 0.4) is 0 Å². The highest BCUT2D eigenvalue weighted by Gasteiger charge is 2.23. The van der Waals surface area contributed by atoms with Gasteiger partial charge in [0, 0.05) is 35.3 Å². The highest BCUT2D eigenvalue weighted by molar-refractivity contribution is 7.98. The lowest BCUT2D eigenvalue weighted by Crippen LogP contribution is -2.22. The third-order valence-electron chi connectivity index (χ3n) is 3.57. The minimum atomic E-state index is -0.255. The minimum absolute atomic E-state index is 0.101. The first-order valence-electron chi connectivity index (χ1n) is 7.16. The molecule has 2 aromatic rings. The van der Waals surface area contributed by atoms with Crippen molar-refractivity contribution in [1.82, 2.24) is 9.71 Å². The molecule has 1 atom stereocenters. The van der Waals surface area contributed by atoms with Crippen molar-refractivity contribution in [2.75, 3.05) is 13.7 Å². The van der Waals surface area contributed by atoms with Crippen LogP contribution in [0.25, 0.3) is 0 Å². The second-order valence-electron chi connectivity index (χ2n) is 5.05. The Morgan fingerprint density at radius 3 is 2.96 bits per heavy atom. The number of rotatable bonds is 4. The van der Waals surface area contributed by atoms with E-state index in [-0.39, 0.29) is 11.9 Å². The van der Waals surface area contributed by atoms with Gasteiger partial charge in [-0.15, -0.1) is 0 Å². The third kappa shape index (κ3) is 3.40. The number of hydrogen-bond donors (Lipinski definition) is 2. The number of amides is 1. The van der Waals surface area contributed by atoms with E-state index < -0.39 is 0 Å². The Balaban J connectivity index is 1.82. The van der Waals surface area contributed by atoms with Gasteiger partial charge in [0.1, 0.15) is 11.5 Å². The molecule has 3 rings (SSSR count). The van der Waals surface area contributed by atoms with E-state index in [2.05, 4.69) is 9.71 Å². The van der Waals surface area contributed by atoms with Gasteiger partial charge in [-0.2, -0.15) is 0 Å². The number of carbonyl (C=O) groups excluding carboxylic acids is 1. The Morgan fingerprint density at radius 2 is 2.22 bits per heavy atom. The predicted molar refractivity (Wildman–Crippen MR) is 87.6 cm³/mol. The van der Waals surface area contributed by atoms with Gasteiger partial charge in [0.05, 0.1) is 19.3 Å². The van der Waals surface area contributed by atoms with Gasteiger partial charge < -0.3 is 15.2 Å². The average Bonchev–Trinajstić information content (AvgIpc) is 2.60. The summed E-state index contributed by atoms with van der Waals surface area (Å²) in [5, 5.41) is 0. The lowest BCUT2D eigenvalue weighted by Gasteiger charge is -2.24. The Hall–Kier alpha value is -2.25. The number of carbonyl (C=O) groups is 1. The van der Waals surface area contributed by atoms with Crippen LogP contribution < -0.4 is 19.9 Å². The van der Waals surface area contributed by atoms with Crippen LogP contribution in [0.1, 0.15) is 28.4 Å². The summed E-state index contributed by atoms with van der Waals surface area (Å²) in [7, 11) is 1.53. The summed E-state index contributed by atoms with van der Waals surface area (Å²) in [4.78, 5) is 17.3. The van der Waals surface area contributed by atoms with Crippen LogP contribution in [0.5, 0.6) is 11.5 Å². The summed E-state index contributed by atoms with van der Waals surface area (Å²) in [6.07, 6.45) is 4.09. The topological polar surface area (TPSA) is 86.5 Å². The maximum Gasteiger partial charge on any atom is 0.265 e. The van der Waals surface area contributed by atoms with E-state index in [4.69, 9.17) is 15.2 Å². The van der Waals surface area contributed by atoms with Crippen molar-refractivity contribution in [2.24, 2.45) is 5.73 Å². The Morgan fingerprint density at radius 1 is 1.43 bits per heavy atom. The molecule has 1 aliphatic rings. The molecule has 2 heterocycles. The number of nitrogens with two attached hydrogens (primary N) is 1. The zero-order valence-electron chi connectivity index (χ0n) is 12.6. The molecule has 1 amide bonds. The molecular weight excluding hydrogens is 314 g/mol. The molecule has 0 aliphatic carbocycles. The van der Waals surface area contributed by atoms with Crippen LogP contribution >= 0.6 is 11.9 Å². The molecule has 0 unspecified atom stereocenters. The summed E-state index contributed by atoms with van der Waals surface area (Å²) >= 11 is 1.22. The number of pyridine rings is 1. The molecule has 0 fully saturated rings. The van der Waals surface area contributed by atoms with Crippen LogP contribution in [0.15, 0.2) is 41.6 Å². The number of ether oxygens (including phenoxy) is 2. The first-order valence-corrected chi connectivity index (χ1v) is 7.98. The second-order valence-corrected chi connectivity index (χ2v) is 5.93. The van der Waals surface area contributed by atoms with E-state index in [1.54, 1.807) is 24.5 Å². The minimum Gasteiger partial charge on any atom is -0.496 e. The SMILES string of the molecule is COc1cc2c(cc1C(=O)NSc1ccncc1)OCC[C@H]2N. The van der Waals surface area contributed by atoms with Crippen molar-refractivity contribution in [3.05, 3.63) is 47.8 Å². The fourth-order valence-corrected chi connectivity index (χ4v) is 2.93. The molecule has 7 heteroatoms. The zero-order chi connectivity index (χ0) is 16.2. The van der Waals surface area contributed by atoms with Crippen LogP contribution in [0, 0.1) is 0 Å². The van der Waals surface area contributed by atoms with E-state index in [1.807, 2.05) is 12.1 Å². The van der Waals surface area contributed by atoms with Crippen LogP contribution in [0.2, 0.25) is 0 Å². The van der Waals surface area contributed by atoms with Crippen molar-refractivity contribution in [3.63, 3.8) is 0 Å². The van der Waals surface area contributed by atoms with E-state index in [9.17, 15) is 4.79 Å². The number of aromatic nitrogens is 1. The van der Waals surface area contributed by atoms with Gasteiger partial charge in [-0.1, -0.05) is 0 Å². The van der Waals surface area contributed by atoms with Gasteiger partial charge in [0.15, 0.2) is 0 Å². The molecule has 0 saturated heterocycles. The van der Waals surface area contributed by atoms with Gasteiger partial charge in [0.2, 0.25) is 0 Å². The summed E-state index contributed by atoms with van der Waals surface area (Å²) in [6, 6.07) is 7.01. The second kappa shape index (κ2) is 6.89. The molecule has 1 aromatic carbocycles. The first-order chi connectivity index (χ1) is 11.2. The van der Waals surface area contributed by atoms with E-state index >= 15 is 0 Å². The van der Waals surface area contributed by atoms with Gasteiger partial charge >= 0.3 is 0 Å². The zero-order valence-corrected chi connectivity index (χ0v) is 13.4.